The van der Waals surface area contributed by atoms with E-state index < -0.39 is 11.6 Å². The van der Waals surface area contributed by atoms with Crippen molar-refractivity contribution in [3.8, 4) is 11.6 Å². The predicted molar refractivity (Wildman–Crippen MR) is 68.0 cm³/mol. The Labute approximate surface area is 109 Å². The lowest BCUT2D eigenvalue weighted by Gasteiger charge is -2.07. The van der Waals surface area contributed by atoms with Crippen LogP contribution in [0.2, 0.25) is 0 Å². The Morgan fingerprint density at radius 2 is 2.11 bits per heavy atom. The molecule has 19 heavy (non-hydrogen) atoms. The number of anilines is 1. The summed E-state index contributed by atoms with van der Waals surface area (Å²) in [5, 5.41) is 4.21. The number of aryl methyl sites for hydroxylation is 2. The third kappa shape index (κ3) is 2.67. The van der Waals surface area contributed by atoms with Crippen molar-refractivity contribution in [2.75, 3.05) is 5.73 Å². The maximum absolute atomic E-state index is 13.5. The molecule has 0 spiro atoms. The topological polar surface area (TPSA) is 53.1 Å². The van der Waals surface area contributed by atoms with E-state index in [9.17, 15) is 8.78 Å². The molecule has 6 heteroatoms. The lowest BCUT2D eigenvalue weighted by atomic mass is 10.2. The van der Waals surface area contributed by atoms with Crippen molar-refractivity contribution in [1.29, 1.82) is 0 Å². The lowest BCUT2D eigenvalue weighted by molar-refractivity contribution is 0.402. The van der Waals surface area contributed by atoms with E-state index in [1.807, 2.05) is 6.92 Å². The second-order valence-corrected chi connectivity index (χ2v) is 4.22. The first-order valence-electron chi connectivity index (χ1n) is 5.97. The van der Waals surface area contributed by atoms with Crippen LogP contribution in [0.25, 0.3) is 0 Å². The maximum atomic E-state index is 13.5. The smallest absolute Gasteiger partial charge is 0.241 e. The number of rotatable bonds is 4. The van der Waals surface area contributed by atoms with Crippen molar-refractivity contribution >= 4 is 5.69 Å². The Kier molecular flexibility index (Phi) is 3.69. The molecule has 0 bridgehead atoms. The van der Waals surface area contributed by atoms with E-state index in [1.165, 1.54) is 10.7 Å². The summed E-state index contributed by atoms with van der Waals surface area (Å²) in [5.41, 5.74) is 7.01. The molecule has 0 saturated carbocycles. The molecule has 0 aliphatic rings. The minimum Gasteiger partial charge on any atom is -0.434 e. The molecule has 0 radical (unpaired) electrons. The highest BCUT2D eigenvalue weighted by molar-refractivity contribution is 5.54. The monoisotopic (exact) mass is 267 g/mol. The number of halogens is 2. The van der Waals surface area contributed by atoms with E-state index in [2.05, 4.69) is 5.10 Å². The van der Waals surface area contributed by atoms with Gasteiger partial charge >= 0.3 is 0 Å². The summed E-state index contributed by atoms with van der Waals surface area (Å²) in [6, 6.07) is 3.10. The zero-order valence-electron chi connectivity index (χ0n) is 10.8. The van der Waals surface area contributed by atoms with E-state index in [0.29, 0.717) is 11.4 Å². The van der Waals surface area contributed by atoms with Crippen LogP contribution in [-0.2, 0) is 13.5 Å². The van der Waals surface area contributed by atoms with Crippen LogP contribution >= 0.6 is 0 Å². The second kappa shape index (κ2) is 5.26. The molecule has 0 aliphatic heterocycles. The van der Waals surface area contributed by atoms with Gasteiger partial charge in [0.2, 0.25) is 5.88 Å². The second-order valence-electron chi connectivity index (χ2n) is 4.22. The van der Waals surface area contributed by atoms with E-state index >= 15 is 0 Å². The highest BCUT2D eigenvalue weighted by atomic mass is 19.1. The number of nitrogen functional groups attached to an aromatic ring is 1. The standard InChI is InChI=1S/C13H15F2N3O/c1-3-4-10-12(16)13(18(2)17-10)19-11-6-5-8(14)7-9(11)15/h5-7H,3-4,16H2,1-2H3. The Bertz CT molecular complexity index is 596. The fourth-order valence-corrected chi connectivity index (χ4v) is 1.78. The number of ether oxygens (including phenoxy) is 1. The van der Waals surface area contributed by atoms with Crippen molar-refractivity contribution in [2.45, 2.75) is 19.8 Å². The van der Waals surface area contributed by atoms with Crippen LogP contribution in [-0.4, -0.2) is 9.78 Å². The molecule has 2 aromatic rings. The number of benzene rings is 1. The van der Waals surface area contributed by atoms with Gasteiger partial charge in [-0.25, -0.2) is 13.5 Å². The summed E-state index contributed by atoms with van der Waals surface area (Å²) in [4.78, 5) is 0. The fourth-order valence-electron chi connectivity index (χ4n) is 1.78. The molecule has 1 aromatic carbocycles. The summed E-state index contributed by atoms with van der Waals surface area (Å²) < 4.78 is 33.2. The van der Waals surface area contributed by atoms with Gasteiger partial charge in [-0.2, -0.15) is 5.10 Å². The molecule has 0 amide bonds. The Morgan fingerprint density at radius 1 is 1.37 bits per heavy atom. The summed E-state index contributed by atoms with van der Waals surface area (Å²) in [6.07, 6.45) is 1.61. The van der Waals surface area contributed by atoms with Crippen molar-refractivity contribution in [3.05, 3.63) is 35.5 Å². The van der Waals surface area contributed by atoms with Gasteiger partial charge in [0.25, 0.3) is 0 Å². The number of hydrogen-bond donors (Lipinski definition) is 1. The van der Waals surface area contributed by atoms with Gasteiger partial charge in [0, 0.05) is 13.1 Å². The highest BCUT2D eigenvalue weighted by Gasteiger charge is 2.16. The average Bonchev–Trinajstić information content (AvgIpc) is 2.60. The van der Waals surface area contributed by atoms with Crippen LogP contribution in [0.15, 0.2) is 18.2 Å². The zero-order chi connectivity index (χ0) is 14.0. The van der Waals surface area contributed by atoms with Crippen LogP contribution in [0.1, 0.15) is 19.0 Å². The minimum atomic E-state index is -0.780. The third-order valence-electron chi connectivity index (χ3n) is 2.69. The molecule has 0 atom stereocenters. The summed E-state index contributed by atoms with van der Waals surface area (Å²) in [6.45, 7) is 2.01. The molecule has 0 fully saturated rings. The zero-order valence-corrected chi connectivity index (χ0v) is 10.8. The molecule has 2 rings (SSSR count). The molecule has 1 heterocycles. The van der Waals surface area contributed by atoms with Crippen LogP contribution in [0.4, 0.5) is 14.5 Å². The number of aromatic nitrogens is 2. The van der Waals surface area contributed by atoms with E-state index in [1.54, 1.807) is 7.05 Å². The first-order valence-corrected chi connectivity index (χ1v) is 5.97. The first-order chi connectivity index (χ1) is 9.02. The molecule has 0 aliphatic carbocycles. The molecular formula is C13H15F2N3O. The van der Waals surface area contributed by atoms with Gasteiger partial charge in [0.15, 0.2) is 11.6 Å². The van der Waals surface area contributed by atoms with Crippen LogP contribution in [0.3, 0.4) is 0 Å². The maximum Gasteiger partial charge on any atom is 0.241 e. The van der Waals surface area contributed by atoms with E-state index in [0.717, 1.165) is 25.0 Å². The van der Waals surface area contributed by atoms with Crippen LogP contribution in [0, 0.1) is 11.6 Å². The normalized spacial score (nSPS) is 10.7. The Balaban J connectivity index is 2.33. The van der Waals surface area contributed by atoms with Gasteiger partial charge in [-0.05, 0) is 18.6 Å². The summed E-state index contributed by atoms with van der Waals surface area (Å²) >= 11 is 0. The Hall–Kier alpha value is -2.11. The van der Waals surface area contributed by atoms with Crippen LogP contribution < -0.4 is 10.5 Å². The molecule has 0 unspecified atom stereocenters. The van der Waals surface area contributed by atoms with E-state index in [-0.39, 0.29) is 11.6 Å². The van der Waals surface area contributed by atoms with Gasteiger partial charge < -0.3 is 10.5 Å². The van der Waals surface area contributed by atoms with Gasteiger partial charge in [0.1, 0.15) is 11.5 Å². The molecular weight excluding hydrogens is 252 g/mol. The number of nitrogens with zero attached hydrogens (tertiary/aromatic N) is 2. The minimum absolute atomic E-state index is 0.0841. The average molecular weight is 267 g/mol. The summed E-state index contributed by atoms with van der Waals surface area (Å²) in [7, 11) is 1.66. The summed E-state index contributed by atoms with van der Waals surface area (Å²) in [5.74, 6) is -1.26. The first kappa shape index (κ1) is 13.3. The third-order valence-corrected chi connectivity index (χ3v) is 2.69. The molecule has 4 nitrogen and oxygen atoms in total. The van der Waals surface area contributed by atoms with Crippen molar-refractivity contribution in [1.82, 2.24) is 9.78 Å². The fraction of sp³-hybridized carbons (Fsp3) is 0.308. The van der Waals surface area contributed by atoms with Crippen LogP contribution in [0.5, 0.6) is 11.6 Å². The van der Waals surface area contributed by atoms with E-state index in [4.69, 9.17) is 10.5 Å². The van der Waals surface area contributed by atoms with Crippen molar-refractivity contribution in [3.63, 3.8) is 0 Å². The quantitative estimate of drug-likeness (QED) is 0.926. The molecule has 0 saturated heterocycles. The van der Waals surface area contributed by atoms with Gasteiger partial charge in [0.05, 0.1) is 5.69 Å². The Morgan fingerprint density at radius 3 is 2.74 bits per heavy atom. The number of nitrogens with two attached hydrogens (primary N) is 1. The molecule has 102 valence electrons. The lowest BCUT2D eigenvalue weighted by Crippen LogP contribution is -1.98. The van der Waals surface area contributed by atoms with Crippen molar-refractivity contribution in [2.24, 2.45) is 7.05 Å². The highest BCUT2D eigenvalue weighted by Crippen LogP contribution is 2.31. The van der Waals surface area contributed by atoms with Gasteiger partial charge in [-0.15, -0.1) is 0 Å². The van der Waals surface area contributed by atoms with Gasteiger partial charge in [-0.1, -0.05) is 13.3 Å². The SMILES string of the molecule is CCCc1nn(C)c(Oc2ccc(F)cc2F)c1N. The molecule has 1 aromatic heterocycles. The molecule has 2 N–H and O–H groups in total. The largest absolute Gasteiger partial charge is 0.434 e. The number of hydrogen-bond acceptors (Lipinski definition) is 3. The van der Waals surface area contributed by atoms with Gasteiger partial charge in [-0.3, -0.25) is 0 Å². The predicted octanol–water partition coefficient (Wildman–Crippen LogP) is 3.03. The van der Waals surface area contributed by atoms with Crippen molar-refractivity contribution < 1.29 is 13.5 Å².